The smallest absolute Gasteiger partial charge is 0.118 e. The Morgan fingerprint density at radius 2 is 1.93 bits per heavy atom. The molecule has 0 amide bonds. The first-order valence-electron chi connectivity index (χ1n) is 9.92. The van der Waals surface area contributed by atoms with Gasteiger partial charge in [-0.3, -0.25) is 4.68 Å². The van der Waals surface area contributed by atoms with Crippen LogP contribution in [0.15, 0.2) is 66.8 Å². The highest BCUT2D eigenvalue weighted by atomic mass is 16.5. The normalized spacial score (nSPS) is 17.2. The lowest BCUT2D eigenvalue weighted by Crippen LogP contribution is -2.09. The fourth-order valence-electron chi connectivity index (χ4n) is 4.47. The number of hydrogen-bond donors (Lipinski definition) is 0. The molecule has 0 spiro atoms. The van der Waals surface area contributed by atoms with Gasteiger partial charge >= 0.3 is 0 Å². The van der Waals surface area contributed by atoms with Gasteiger partial charge in [0.1, 0.15) is 5.75 Å². The fourth-order valence-corrected chi connectivity index (χ4v) is 4.47. The molecule has 28 heavy (non-hydrogen) atoms. The molecule has 1 aromatic heterocycles. The van der Waals surface area contributed by atoms with Crippen LogP contribution in [0.25, 0.3) is 16.8 Å². The number of ether oxygens (including phenoxy) is 1. The van der Waals surface area contributed by atoms with Gasteiger partial charge in [0.15, 0.2) is 0 Å². The standard InChI is InChI=1S/C25H24N2O/c1-17-15-23-24(22-10-6-5-9-21(17)22)26-27(25(23)19-7-3-4-8-19)16-18-11-13-20(28-2)14-12-18/h3-7,9-14,17H,8,15-16H2,1-2H3. The lowest BCUT2D eigenvalue weighted by Gasteiger charge is -2.22. The molecule has 0 bridgehead atoms. The van der Waals surface area contributed by atoms with Crippen molar-refractivity contribution < 1.29 is 4.74 Å². The molecular weight excluding hydrogens is 344 g/mol. The van der Waals surface area contributed by atoms with Gasteiger partial charge in [-0.15, -0.1) is 0 Å². The summed E-state index contributed by atoms with van der Waals surface area (Å²) in [6, 6.07) is 17.0. The zero-order valence-corrected chi connectivity index (χ0v) is 16.4. The van der Waals surface area contributed by atoms with Crippen molar-refractivity contribution >= 4 is 5.57 Å². The summed E-state index contributed by atoms with van der Waals surface area (Å²) in [6.07, 6.45) is 8.66. The molecule has 0 N–H and O–H groups in total. The maximum atomic E-state index is 5.30. The SMILES string of the molecule is COc1ccc(Cn2nc3c(c2C2=CC=CC2)CC(C)c2ccccc2-3)cc1. The summed E-state index contributed by atoms with van der Waals surface area (Å²) in [4.78, 5) is 0. The van der Waals surface area contributed by atoms with E-state index >= 15 is 0 Å². The molecule has 3 aromatic rings. The van der Waals surface area contributed by atoms with Crippen molar-refractivity contribution in [1.82, 2.24) is 9.78 Å². The largest absolute Gasteiger partial charge is 0.497 e. The average molecular weight is 368 g/mol. The Morgan fingerprint density at radius 1 is 1.11 bits per heavy atom. The van der Waals surface area contributed by atoms with E-state index in [-0.39, 0.29) is 0 Å². The summed E-state index contributed by atoms with van der Waals surface area (Å²) >= 11 is 0. The van der Waals surface area contributed by atoms with E-state index in [0.29, 0.717) is 5.92 Å². The Bertz CT molecular complexity index is 1090. The fraction of sp³-hybridized carbons (Fsp3) is 0.240. The molecule has 3 nitrogen and oxygen atoms in total. The second-order valence-corrected chi connectivity index (χ2v) is 7.70. The lowest BCUT2D eigenvalue weighted by molar-refractivity contribution is 0.414. The molecule has 1 atom stereocenters. The van der Waals surface area contributed by atoms with Gasteiger partial charge in [-0.05, 0) is 47.6 Å². The van der Waals surface area contributed by atoms with Crippen LogP contribution >= 0.6 is 0 Å². The first-order chi connectivity index (χ1) is 13.7. The molecule has 0 saturated heterocycles. The van der Waals surface area contributed by atoms with Gasteiger partial charge in [-0.25, -0.2) is 0 Å². The van der Waals surface area contributed by atoms with E-state index in [1.54, 1.807) is 7.11 Å². The van der Waals surface area contributed by atoms with Crippen LogP contribution < -0.4 is 4.74 Å². The topological polar surface area (TPSA) is 27.1 Å². The van der Waals surface area contributed by atoms with Crippen LogP contribution in [0.1, 0.15) is 41.6 Å². The summed E-state index contributed by atoms with van der Waals surface area (Å²) in [6.45, 7) is 3.09. The third-order valence-corrected chi connectivity index (χ3v) is 5.87. The van der Waals surface area contributed by atoms with Crippen LogP contribution in [-0.2, 0) is 13.0 Å². The molecule has 1 heterocycles. The minimum Gasteiger partial charge on any atom is -0.497 e. The van der Waals surface area contributed by atoms with Gasteiger partial charge in [0.2, 0.25) is 0 Å². The Balaban J connectivity index is 1.63. The van der Waals surface area contributed by atoms with Gasteiger partial charge in [0, 0.05) is 11.1 Å². The highest BCUT2D eigenvalue weighted by molar-refractivity contribution is 5.79. The highest BCUT2D eigenvalue weighted by Gasteiger charge is 2.29. The maximum absolute atomic E-state index is 5.30. The van der Waals surface area contributed by atoms with E-state index < -0.39 is 0 Å². The Labute approximate surface area is 166 Å². The average Bonchev–Trinajstić information content (AvgIpc) is 3.36. The van der Waals surface area contributed by atoms with E-state index in [9.17, 15) is 0 Å². The predicted octanol–water partition coefficient (Wildman–Crippen LogP) is 5.61. The van der Waals surface area contributed by atoms with Crippen molar-refractivity contribution in [3.05, 3.63) is 89.1 Å². The zero-order chi connectivity index (χ0) is 19.1. The number of benzene rings is 2. The molecule has 2 aromatic carbocycles. The molecule has 0 saturated carbocycles. The number of fused-ring (bicyclic) bond motifs is 3. The van der Waals surface area contributed by atoms with Crippen LogP contribution in [0.3, 0.4) is 0 Å². The van der Waals surface area contributed by atoms with Gasteiger partial charge in [0.05, 0.1) is 25.0 Å². The van der Waals surface area contributed by atoms with E-state index in [1.807, 2.05) is 12.1 Å². The quantitative estimate of drug-likeness (QED) is 0.598. The van der Waals surface area contributed by atoms with Crippen molar-refractivity contribution in [3.63, 3.8) is 0 Å². The number of rotatable bonds is 4. The number of nitrogens with zero attached hydrogens (tertiary/aromatic N) is 2. The third kappa shape index (κ3) is 2.78. The minimum atomic E-state index is 0.510. The summed E-state index contributed by atoms with van der Waals surface area (Å²) in [7, 11) is 1.70. The molecule has 2 aliphatic rings. The molecule has 1 unspecified atom stereocenters. The van der Waals surface area contributed by atoms with Crippen molar-refractivity contribution in [1.29, 1.82) is 0 Å². The van der Waals surface area contributed by atoms with Crippen LogP contribution in [0.4, 0.5) is 0 Å². The first kappa shape index (κ1) is 17.1. The van der Waals surface area contributed by atoms with Crippen LogP contribution in [0, 0.1) is 0 Å². The highest BCUT2D eigenvalue weighted by Crippen LogP contribution is 2.43. The molecule has 0 fully saturated rings. The summed E-state index contributed by atoms with van der Waals surface area (Å²) in [5.41, 5.74) is 9.16. The van der Waals surface area contributed by atoms with E-state index in [0.717, 1.165) is 30.8 Å². The van der Waals surface area contributed by atoms with E-state index in [4.69, 9.17) is 9.84 Å². The molecule has 3 heteroatoms. The summed E-state index contributed by atoms with van der Waals surface area (Å²) in [5.74, 6) is 1.39. The van der Waals surface area contributed by atoms with Crippen molar-refractivity contribution in [2.75, 3.05) is 7.11 Å². The maximum Gasteiger partial charge on any atom is 0.118 e. The Kier molecular flexibility index (Phi) is 4.16. The summed E-state index contributed by atoms with van der Waals surface area (Å²) < 4.78 is 7.51. The van der Waals surface area contributed by atoms with Crippen LogP contribution in [0.5, 0.6) is 5.75 Å². The Morgan fingerprint density at radius 3 is 2.68 bits per heavy atom. The monoisotopic (exact) mass is 368 g/mol. The molecule has 140 valence electrons. The lowest BCUT2D eigenvalue weighted by atomic mass is 9.81. The number of allylic oxidation sites excluding steroid dienone is 4. The Hall–Kier alpha value is -3.07. The second kappa shape index (κ2) is 6.83. The van der Waals surface area contributed by atoms with Crippen LogP contribution in [-0.4, -0.2) is 16.9 Å². The molecule has 5 rings (SSSR count). The van der Waals surface area contributed by atoms with Crippen molar-refractivity contribution in [2.24, 2.45) is 0 Å². The molecule has 2 aliphatic carbocycles. The van der Waals surface area contributed by atoms with Gasteiger partial charge in [-0.1, -0.05) is 61.5 Å². The van der Waals surface area contributed by atoms with Crippen LogP contribution in [0.2, 0.25) is 0 Å². The van der Waals surface area contributed by atoms with Crippen molar-refractivity contribution in [3.8, 4) is 17.0 Å². The van der Waals surface area contributed by atoms with Gasteiger partial charge < -0.3 is 4.74 Å². The molecular formula is C25H24N2O. The minimum absolute atomic E-state index is 0.510. The number of methoxy groups -OCH3 is 1. The third-order valence-electron chi connectivity index (χ3n) is 5.87. The molecule has 0 aliphatic heterocycles. The van der Waals surface area contributed by atoms with Gasteiger partial charge in [0.25, 0.3) is 0 Å². The van der Waals surface area contributed by atoms with E-state index in [1.165, 1.54) is 33.5 Å². The predicted molar refractivity (Wildman–Crippen MR) is 114 cm³/mol. The summed E-state index contributed by atoms with van der Waals surface area (Å²) in [5, 5.41) is 5.13. The second-order valence-electron chi connectivity index (χ2n) is 7.70. The van der Waals surface area contributed by atoms with Gasteiger partial charge in [-0.2, -0.15) is 5.10 Å². The zero-order valence-electron chi connectivity index (χ0n) is 16.4. The first-order valence-corrected chi connectivity index (χ1v) is 9.92. The number of aromatic nitrogens is 2. The van der Waals surface area contributed by atoms with Crippen molar-refractivity contribution in [2.45, 2.75) is 32.2 Å². The number of hydrogen-bond acceptors (Lipinski definition) is 2. The van der Waals surface area contributed by atoms with E-state index in [2.05, 4.69) is 66.2 Å². The molecule has 0 radical (unpaired) electrons.